The number of carbonyl (C=O) groups excluding carboxylic acids is 2. The number of rotatable bonds is 9. The van der Waals surface area contributed by atoms with Crippen molar-refractivity contribution in [3.8, 4) is 0 Å². The summed E-state index contributed by atoms with van der Waals surface area (Å²) in [5, 5.41) is 13.3. The number of carbonyl (C=O) groups is 3. The molecule has 0 unspecified atom stereocenters. The molecule has 0 radical (unpaired) electrons. The Bertz CT molecular complexity index is 476. The summed E-state index contributed by atoms with van der Waals surface area (Å²) in [5.74, 6) is -1.19. The SMILES string of the molecule is O=C(O)CNCCC(=O)CNC(=O)OCc1ccccc1. The zero-order valence-electron chi connectivity index (χ0n) is 11.5. The van der Waals surface area contributed by atoms with E-state index in [0.717, 1.165) is 5.56 Å². The van der Waals surface area contributed by atoms with Crippen LogP contribution in [0.25, 0.3) is 0 Å². The predicted octanol–water partition coefficient (Wildman–Crippen LogP) is 0.546. The van der Waals surface area contributed by atoms with Crippen molar-refractivity contribution in [1.82, 2.24) is 10.6 Å². The fourth-order valence-electron chi connectivity index (χ4n) is 1.46. The van der Waals surface area contributed by atoms with Gasteiger partial charge in [0.25, 0.3) is 0 Å². The molecule has 0 spiro atoms. The van der Waals surface area contributed by atoms with Gasteiger partial charge in [0, 0.05) is 13.0 Å². The van der Waals surface area contributed by atoms with Crippen molar-refractivity contribution in [2.45, 2.75) is 13.0 Å². The molecule has 0 aliphatic rings. The van der Waals surface area contributed by atoms with Gasteiger partial charge in [0.05, 0.1) is 13.1 Å². The first-order valence-corrected chi connectivity index (χ1v) is 6.46. The molecule has 0 saturated carbocycles. The van der Waals surface area contributed by atoms with Gasteiger partial charge >= 0.3 is 12.1 Å². The van der Waals surface area contributed by atoms with E-state index in [2.05, 4.69) is 10.6 Å². The van der Waals surface area contributed by atoms with Gasteiger partial charge in [-0.2, -0.15) is 0 Å². The molecule has 1 amide bonds. The minimum Gasteiger partial charge on any atom is -0.480 e. The summed E-state index contributed by atoms with van der Waals surface area (Å²) in [6, 6.07) is 9.19. The van der Waals surface area contributed by atoms with Crippen LogP contribution in [0.4, 0.5) is 4.79 Å². The number of nitrogens with one attached hydrogen (secondary N) is 2. The molecule has 0 heterocycles. The number of carboxylic acids is 1. The van der Waals surface area contributed by atoms with E-state index in [1.807, 2.05) is 30.3 Å². The van der Waals surface area contributed by atoms with Crippen LogP contribution in [0.5, 0.6) is 0 Å². The molecule has 21 heavy (non-hydrogen) atoms. The standard InChI is InChI=1S/C14H18N2O5/c17-12(6-7-15-9-13(18)19)8-16-14(20)21-10-11-4-2-1-3-5-11/h1-5,15H,6-10H2,(H,16,20)(H,18,19). The topological polar surface area (TPSA) is 105 Å². The zero-order valence-corrected chi connectivity index (χ0v) is 11.5. The summed E-state index contributed by atoms with van der Waals surface area (Å²) in [5.41, 5.74) is 0.858. The molecule has 1 aromatic rings. The van der Waals surface area contributed by atoms with Crippen molar-refractivity contribution in [3.05, 3.63) is 35.9 Å². The average molecular weight is 294 g/mol. The van der Waals surface area contributed by atoms with Crippen LogP contribution < -0.4 is 10.6 Å². The molecular formula is C14H18N2O5. The Morgan fingerprint density at radius 2 is 1.81 bits per heavy atom. The number of Topliss-reactive ketones (excluding diaryl/α,β-unsaturated/α-hetero) is 1. The molecule has 0 aromatic heterocycles. The number of carboxylic acid groups (broad SMARTS) is 1. The number of amides is 1. The lowest BCUT2D eigenvalue weighted by Crippen LogP contribution is -2.32. The highest BCUT2D eigenvalue weighted by atomic mass is 16.5. The van der Waals surface area contributed by atoms with E-state index in [0.29, 0.717) is 0 Å². The van der Waals surface area contributed by atoms with Crippen LogP contribution in [0.2, 0.25) is 0 Å². The van der Waals surface area contributed by atoms with Crippen LogP contribution in [0.15, 0.2) is 30.3 Å². The quantitative estimate of drug-likeness (QED) is 0.574. The third-order valence-corrected chi connectivity index (χ3v) is 2.50. The summed E-state index contributed by atoms with van der Waals surface area (Å²) in [6.07, 6.45) is -0.516. The zero-order chi connectivity index (χ0) is 15.5. The first-order chi connectivity index (χ1) is 10.1. The summed E-state index contributed by atoms with van der Waals surface area (Å²) in [7, 11) is 0. The minimum absolute atomic E-state index is 0.137. The van der Waals surface area contributed by atoms with Gasteiger partial charge in [-0.15, -0.1) is 0 Å². The number of alkyl carbamates (subject to hydrolysis) is 1. The molecular weight excluding hydrogens is 276 g/mol. The first kappa shape index (κ1) is 16.6. The highest BCUT2D eigenvalue weighted by Crippen LogP contribution is 2.00. The largest absolute Gasteiger partial charge is 0.480 e. The highest BCUT2D eigenvalue weighted by Gasteiger charge is 2.07. The Morgan fingerprint density at radius 1 is 1.10 bits per heavy atom. The lowest BCUT2D eigenvalue weighted by Gasteiger charge is -2.06. The van der Waals surface area contributed by atoms with E-state index >= 15 is 0 Å². The third kappa shape index (κ3) is 8.38. The van der Waals surface area contributed by atoms with Crippen LogP contribution in [-0.2, 0) is 20.9 Å². The van der Waals surface area contributed by atoms with Gasteiger partial charge in [-0.05, 0) is 5.56 Å². The molecule has 7 nitrogen and oxygen atoms in total. The molecule has 3 N–H and O–H groups in total. The molecule has 0 fully saturated rings. The van der Waals surface area contributed by atoms with Crippen molar-refractivity contribution < 1.29 is 24.2 Å². The predicted molar refractivity (Wildman–Crippen MR) is 74.8 cm³/mol. The van der Waals surface area contributed by atoms with Crippen molar-refractivity contribution in [3.63, 3.8) is 0 Å². The smallest absolute Gasteiger partial charge is 0.407 e. The van der Waals surface area contributed by atoms with E-state index in [1.54, 1.807) is 0 Å². The average Bonchev–Trinajstić information content (AvgIpc) is 2.48. The number of benzene rings is 1. The van der Waals surface area contributed by atoms with Crippen molar-refractivity contribution in [2.24, 2.45) is 0 Å². The molecule has 7 heteroatoms. The number of hydrogen-bond donors (Lipinski definition) is 3. The van der Waals surface area contributed by atoms with Gasteiger partial charge in [0.1, 0.15) is 6.61 Å². The monoisotopic (exact) mass is 294 g/mol. The van der Waals surface area contributed by atoms with Gasteiger partial charge in [-0.1, -0.05) is 30.3 Å². The molecule has 114 valence electrons. The van der Waals surface area contributed by atoms with E-state index in [9.17, 15) is 14.4 Å². The second-order valence-electron chi connectivity index (χ2n) is 4.27. The van der Waals surface area contributed by atoms with Crippen molar-refractivity contribution in [1.29, 1.82) is 0 Å². The Morgan fingerprint density at radius 3 is 2.48 bits per heavy atom. The summed E-state index contributed by atoms with van der Waals surface area (Å²) < 4.78 is 4.94. The van der Waals surface area contributed by atoms with Crippen LogP contribution in [0.3, 0.4) is 0 Å². The van der Waals surface area contributed by atoms with Gasteiger partial charge in [-0.3, -0.25) is 9.59 Å². The molecule has 1 aromatic carbocycles. The summed E-state index contributed by atoms with van der Waals surface area (Å²) in [6.45, 7) is 0.0646. The molecule has 1 rings (SSSR count). The maximum absolute atomic E-state index is 11.4. The highest BCUT2D eigenvalue weighted by molar-refractivity contribution is 5.84. The fourth-order valence-corrected chi connectivity index (χ4v) is 1.46. The molecule has 0 aliphatic carbocycles. The first-order valence-electron chi connectivity index (χ1n) is 6.46. The summed E-state index contributed by atoms with van der Waals surface area (Å²) in [4.78, 5) is 33.0. The van der Waals surface area contributed by atoms with Crippen LogP contribution >= 0.6 is 0 Å². The third-order valence-electron chi connectivity index (χ3n) is 2.50. The Labute approximate surface area is 122 Å². The van der Waals surface area contributed by atoms with Crippen LogP contribution in [-0.4, -0.2) is 42.6 Å². The van der Waals surface area contributed by atoms with Gasteiger partial charge in [0.2, 0.25) is 0 Å². The second kappa shape index (κ2) is 9.49. The minimum atomic E-state index is -0.981. The van der Waals surface area contributed by atoms with Crippen molar-refractivity contribution >= 4 is 17.8 Å². The van der Waals surface area contributed by atoms with Crippen LogP contribution in [0, 0.1) is 0 Å². The fraction of sp³-hybridized carbons (Fsp3) is 0.357. The number of hydrogen-bond acceptors (Lipinski definition) is 5. The van der Waals surface area contributed by atoms with E-state index in [4.69, 9.17) is 9.84 Å². The maximum Gasteiger partial charge on any atom is 0.407 e. The normalized spacial score (nSPS) is 9.90. The maximum atomic E-state index is 11.4. The van der Waals surface area contributed by atoms with Gasteiger partial charge in [-0.25, -0.2) is 4.79 Å². The van der Waals surface area contributed by atoms with E-state index in [-0.39, 0.29) is 38.4 Å². The number of ether oxygens (including phenoxy) is 1. The molecule has 0 atom stereocenters. The summed E-state index contributed by atoms with van der Waals surface area (Å²) >= 11 is 0. The van der Waals surface area contributed by atoms with E-state index in [1.165, 1.54) is 0 Å². The Hall–Kier alpha value is -2.41. The number of aliphatic carboxylic acids is 1. The second-order valence-corrected chi connectivity index (χ2v) is 4.27. The van der Waals surface area contributed by atoms with E-state index < -0.39 is 12.1 Å². The lowest BCUT2D eigenvalue weighted by molar-refractivity contribution is -0.136. The van der Waals surface area contributed by atoms with Gasteiger partial charge < -0.3 is 20.5 Å². The Kier molecular flexibility index (Phi) is 7.52. The van der Waals surface area contributed by atoms with Crippen molar-refractivity contribution in [2.75, 3.05) is 19.6 Å². The lowest BCUT2D eigenvalue weighted by atomic mass is 10.2. The molecule has 0 bridgehead atoms. The Balaban J connectivity index is 2.09. The van der Waals surface area contributed by atoms with Gasteiger partial charge in [0.15, 0.2) is 5.78 Å². The number of ketones is 1. The molecule has 0 aliphatic heterocycles. The van der Waals surface area contributed by atoms with Crippen LogP contribution in [0.1, 0.15) is 12.0 Å². The molecule has 0 saturated heterocycles.